The van der Waals surface area contributed by atoms with Gasteiger partial charge >= 0.3 is 0 Å². The first-order chi connectivity index (χ1) is 8.72. The average Bonchev–Trinajstić information content (AvgIpc) is 2.38. The summed E-state index contributed by atoms with van der Waals surface area (Å²) in [5.74, 6) is -0.158. The third kappa shape index (κ3) is 4.74. The molecular weight excluding hydrogens is 298 g/mol. The van der Waals surface area contributed by atoms with Gasteiger partial charge in [0, 0.05) is 32.2 Å². The van der Waals surface area contributed by atoms with Crippen molar-refractivity contribution in [1.29, 1.82) is 0 Å². The predicted octanol–water partition coefficient (Wildman–Crippen LogP) is 3.50. The molecule has 1 N–H and O–H groups in total. The summed E-state index contributed by atoms with van der Waals surface area (Å²) < 4.78 is 13.2. The Morgan fingerprint density at radius 2 is 2.00 bits per heavy atom. The van der Waals surface area contributed by atoms with Gasteiger partial charge in [0.1, 0.15) is 5.82 Å². The molecule has 0 saturated carbocycles. The maximum absolute atomic E-state index is 13.2. The number of nitrogens with zero attached hydrogens (tertiary/aromatic N) is 1. The molecule has 2 rings (SSSR count). The lowest BCUT2D eigenvalue weighted by atomic mass is 9.96. The highest BCUT2D eigenvalue weighted by Crippen LogP contribution is 2.28. The number of benzene rings is 1. The van der Waals surface area contributed by atoms with Crippen molar-refractivity contribution in [1.82, 2.24) is 10.2 Å². The second kappa shape index (κ2) is 9.35. The third-order valence-corrected chi connectivity index (χ3v) is 3.57. The van der Waals surface area contributed by atoms with Crippen LogP contribution in [0.1, 0.15) is 23.6 Å². The van der Waals surface area contributed by atoms with Crippen molar-refractivity contribution in [3.63, 3.8) is 0 Å². The molecule has 1 saturated heterocycles. The fraction of sp³-hybridized carbons (Fsp3) is 0.467. The van der Waals surface area contributed by atoms with E-state index in [-0.39, 0.29) is 30.6 Å². The number of nitrogens with one attached hydrogen (secondary N) is 1. The molecule has 114 valence electrons. The minimum atomic E-state index is -0.158. The van der Waals surface area contributed by atoms with Gasteiger partial charge in [-0.3, -0.25) is 4.90 Å². The van der Waals surface area contributed by atoms with Crippen molar-refractivity contribution in [2.24, 2.45) is 0 Å². The summed E-state index contributed by atoms with van der Waals surface area (Å²) >= 11 is 0. The Morgan fingerprint density at radius 1 is 1.35 bits per heavy atom. The Morgan fingerprint density at radius 3 is 2.55 bits per heavy atom. The topological polar surface area (TPSA) is 15.3 Å². The van der Waals surface area contributed by atoms with Gasteiger partial charge < -0.3 is 5.32 Å². The highest BCUT2D eigenvalue weighted by molar-refractivity contribution is 5.85. The maximum Gasteiger partial charge on any atom is 0.123 e. The lowest BCUT2D eigenvalue weighted by Crippen LogP contribution is -2.45. The van der Waals surface area contributed by atoms with Crippen molar-refractivity contribution in [2.45, 2.75) is 19.4 Å². The third-order valence-electron chi connectivity index (χ3n) is 3.57. The Kier molecular flexibility index (Phi) is 9.06. The second-order valence-corrected chi connectivity index (χ2v) is 4.83. The van der Waals surface area contributed by atoms with Gasteiger partial charge in [0.2, 0.25) is 0 Å². The Labute approximate surface area is 133 Å². The first kappa shape index (κ1) is 19.4. The number of hydrogen-bond donors (Lipinski definition) is 1. The van der Waals surface area contributed by atoms with Crippen LogP contribution in [-0.4, -0.2) is 31.1 Å². The molecule has 1 fully saturated rings. The van der Waals surface area contributed by atoms with Gasteiger partial charge in [-0.05, 0) is 36.6 Å². The molecule has 0 bridgehead atoms. The number of hydrogen-bond acceptors (Lipinski definition) is 2. The van der Waals surface area contributed by atoms with Crippen LogP contribution in [0.2, 0.25) is 0 Å². The van der Waals surface area contributed by atoms with Crippen molar-refractivity contribution in [3.05, 3.63) is 47.8 Å². The minimum Gasteiger partial charge on any atom is -0.314 e. The molecule has 0 aliphatic carbocycles. The summed E-state index contributed by atoms with van der Waals surface area (Å²) in [6, 6.07) is 5.42. The van der Waals surface area contributed by atoms with E-state index in [4.69, 9.17) is 0 Å². The van der Waals surface area contributed by atoms with E-state index in [1.54, 1.807) is 12.1 Å². The van der Waals surface area contributed by atoms with Crippen LogP contribution in [-0.2, 0) is 0 Å². The van der Waals surface area contributed by atoms with Crippen molar-refractivity contribution in [3.8, 4) is 0 Å². The molecule has 5 heteroatoms. The van der Waals surface area contributed by atoms with E-state index < -0.39 is 0 Å². The summed E-state index contributed by atoms with van der Waals surface area (Å²) in [5.41, 5.74) is 2.25. The van der Waals surface area contributed by atoms with Crippen LogP contribution in [0.5, 0.6) is 0 Å². The summed E-state index contributed by atoms with van der Waals surface area (Å²) in [6.45, 7) is 9.95. The van der Waals surface area contributed by atoms with E-state index in [1.165, 1.54) is 5.56 Å². The minimum absolute atomic E-state index is 0. The largest absolute Gasteiger partial charge is 0.314 e. The van der Waals surface area contributed by atoms with E-state index in [0.29, 0.717) is 6.04 Å². The molecular formula is C15H23Cl2FN2. The Balaban J connectivity index is 0.00000180. The predicted molar refractivity (Wildman–Crippen MR) is 87.6 cm³/mol. The monoisotopic (exact) mass is 320 g/mol. The van der Waals surface area contributed by atoms with Crippen LogP contribution in [0.15, 0.2) is 30.9 Å². The molecule has 1 aromatic rings. The number of piperazine rings is 1. The summed E-state index contributed by atoms with van der Waals surface area (Å²) in [7, 11) is 0. The second-order valence-electron chi connectivity index (χ2n) is 4.83. The van der Waals surface area contributed by atoms with Gasteiger partial charge in [-0.25, -0.2) is 4.39 Å². The normalized spacial score (nSPS) is 16.7. The molecule has 1 atom stereocenters. The van der Waals surface area contributed by atoms with Gasteiger partial charge in [-0.2, -0.15) is 0 Å². The smallest absolute Gasteiger partial charge is 0.123 e. The standard InChI is InChI=1S/C15H21FN2.2ClH/c1-3-4-15(18-9-7-17-8-10-18)14-6-5-13(16)11-12(14)2;;/h3,5-6,11,15,17H,1,4,7-10H2,2H3;2*1H/t15-;;/m1../s1. The van der Waals surface area contributed by atoms with Crippen LogP contribution >= 0.6 is 24.8 Å². The van der Waals surface area contributed by atoms with E-state index in [1.807, 2.05) is 19.1 Å². The fourth-order valence-corrected chi connectivity index (χ4v) is 2.64. The Hall–Kier alpha value is -0.610. The first-order valence-corrected chi connectivity index (χ1v) is 6.54. The first-order valence-electron chi connectivity index (χ1n) is 6.54. The summed E-state index contributed by atoms with van der Waals surface area (Å²) in [4.78, 5) is 2.46. The fourth-order valence-electron chi connectivity index (χ4n) is 2.64. The molecule has 1 heterocycles. The van der Waals surface area contributed by atoms with Gasteiger partial charge in [-0.1, -0.05) is 12.1 Å². The van der Waals surface area contributed by atoms with Crippen molar-refractivity contribution in [2.75, 3.05) is 26.2 Å². The van der Waals surface area contributed by atoms with E-state index >= 15 is 0 Å². The zero-order valence-electron chi connectivity index (χ0n) is 11.8. The van der Waals surface area contributed by atoms with Crippen LogP contribution < -0.4 is 5.32 Å². The number of halogens is 3. The molecule has 0 unspecified atom stereocenters. The molecule has 0 aromatic heterocycles. The van der Waals surface area contributed by atoms with Gasteiger partial charge in [0.15, 0.2) is 0 Å². The van der Waals surface area contributed by atoms with Crippen molar-refractivity contribution < 1.29 is 4.39 Å². The molecule has 20 heavy (non-hydrogen) atoms. The van der Waals surface area contributed by atoms with Crippen molar-refractivity contribution >= 4 is 24.8 Å². The number of rotatable bonds is 4. The van der Waals surface area contributed by atoms with Gasteiger partial charge in [0.25, 0.3) is 0 Å². The van der Waals surface area contributed by atoms with Gasteiger partial charge in [0.05, 0.1) is 0 Å². The van der Waals surface area contributed by atoms with Crippen LogP contribution in [0, 0.1) is 12.7 Å². The lowest BCUT2D eigenvalue weighted by Gasteiger charge is -2.35. The van der Waals surface area contributed by atoms with Crippen LogP contribution in [0.4, 0.5) is 4.39 Å². The average molecular weight is 321 g/mol. The van der Waals surface area contributed by atoms with Crippen LogP contribution in [0.3, 0.4) is 0 Å². The number of aryl methyl sites for hydroxylation is 1. The molecule has 0 spiro atoms. The van der Waals surface area contributed by atoms with E-state index in [2.05, 4.69) is 16.8 Å². The zero-order valence-corrected chi connectivity index (χ0v) is 13.4. The summed E-state index contributed by atoms with van der Waals surface area (Å²) in [6.07, 6.45) is 2.86. The van der Waals surface area contributed by atoms with E-state index in [9.17, 15) is 4.39 Å². The van der Waals surface area contributed by atoms with Crippen LogP contribution in [0.25, 0.3) is 0 Å². The van der Waals surface area contributed by atoms with Gasteiger partial charge in [-0.15, -0.1) is 31.4 Å². The highest BCUT2D eigenvalue weighted by atomic mass is 35.5. The quantitative estimate of drug-likeness (QED) is 0.854. The summed E-state index contributed by atoms with van der Waals surface area (Å²) in [5, 5.41) is 3.36. The Bertz CT molecular complexity index is 420. The molecule has 0 amide bonds. The maximum atomic E-state index is 13.2. The lowest BCUT2D eigenvalue weighted by molar-refractivity contribution is 0.174. The highest BCUT2D eigenvalue weighted by Gasteiger charge is 2.22. The van der Waals surface area contributed by atoms with E-state index in [0.717, 1.165) is 38.2 Å². The molecule has 1 aromatic carbocycles. The zero-order chi connectivity index (χ0) is 13.0. The molecule has 1 aliphatic heterocycles. The SMILES string of the molecule is C=CC[C@H](c1ccc(F)cc1C)N1CCNCC1.Cl.Cl. The molecule has 2 nitrogen and oxygen atoms in total. The molecule has 0 radical (unpaired) electrons. The molecule has 1 aliphatic rings.